The van der Waals surface area contributed by atoms with Crippen LogP contribution < -0.4 is 32.8 Å². The molecule has 0 bridgehead atoms. The zero-order valence-electron chi connectivity index (χ0n) is 40.5. The fraction of sp³-hybridized carbons (Fsp3) is 0.0149. The van der Waals surface area contributed by atoms with Gasteiger partial charge in [0.25, 0.3) is 0 Å². The van der Waals surface area contributed by atoms with E-state index in [0.29, 0.717) is 0 Å². The van der Waals surface area contributed by atoms with Crippen LogP contribution in [-0.4, -0.2) is 31.7 Å². The summed E-state index contributed by atoms with van der Waals surface area (Å²) in [5.41, 5.74) is 24.9. The first kappa shape index (κ1) is 39.9. The Balaban J connectivity index is 0.826. The molecule has 4 aliphatic rings. The first-order valence-corrected chi connectivity index (χ1v) is 27.7. The van der Waals surface area contributed by atoms with Gasteiger partial charge in [-0.1, -0.05) is 162 Å². The molecule has 344 valence electrons. The first-order valence-electron chi connectivity index (χ1n) is 26.1. The lowest BCUT2D eigenvalue weighted by atomic mass is 9.32. The van der Waals surface area contributed by atoms with E-state index in [-0.39, 0.29) is 13.4 Å². The van der Waals surface area contributed by atoms with Crippen LogP contribution in [0.2, 0.25) is 0 Å². The van der Waals surface area contributed by atoms with Gasteiger partial charge < -0.3 is 18.3 Å². The van der Waals surface area contributed by atoms with Gasteiger partial charge in [0.2, 0.25) is 13.4 Å². The SMILES string of the molecule is Cc1c2c(cc3c1Sc1cccc4c1B3c1cccc3c5cc(-n6c7ccccc7c7ccccc76)ccc5n-4c13)B1c3c(cccc3-n3c4ccc(-n5c6ccccc6c6ccccc65)cc4c4cccc1c43)S2. The molecule has 8 heterocycles. The number of hydrogen-bond donors (Lipinski definition) is 0. The molecule has 0 N–H and O–H groups in total. The maximum absolute atomic E-state index is 2.67. The highest BCUT2D eigenvalue weighted by Crippen LogP contribution is 2.46. The van der Waals surface area contributed by atoms with Gasteiger partial charge in [0.1, 0.15) is 0 Å². The Morgan fingerprint density at radius 1 is 0.307 bits per heavy atom. The van der Waals surface area contributed by atoms with Gasteiger partial charge in [0.05, 0.1) is 33.1 Å². The lowest BCUT2D eigenvalue weighted by molar-refractivity contribution is 1.15. The van der Waals surface area contributed by atoms with E-state index in [1.165, 1.54) is 168 Å². The zero-order chi connectivity index (χ0) is 48.5. The molecule has 0 spiro atoms. The second kappa shape index (κ2) is 14.0. The lowest BCUT2D eigenvalue weighted by Gasteiger charge is -2.38. The molecule has 75 heavy (non-hydrogen) atoms. The number of nitrogens with zero attached hydrogens (tertiary/aromatic N) is 4. The average Bonchev–Trinajstić information content (AvgIpc) is 4.21. The summed E-state index contributed by atoms with van der Waals surface area (Å²) >= 11 is 3.97. The molecule has 19 rings (SSSR count). The third-order valence-corrected chi connectivity index (χ3v) is 20.3. The molecule has 0 radical (unpaired) electrons. The van der Waals surface area contributed by atoms with Crippen molar-refractivity contribution in [2.24, 2.45) is 0 Å². The van der Waals surface area contributed by atoms with E-state index in [9.17, 15) is 0 Å². The minimum atomic E-state index is 0.0838. The topological polar surface area (TPSA) is 19.7 Å². The van der Waals surface area contributed by atoms with Crippen molar-refractivity contribution in [2.45, 2.75) is 26.5 Å². The van der Waals surface area contributed by atoms with E-state index in [0.717, 1.165) is 0 Å². The van der Waals surface area contributed by atoms with E-state index < -0.39 is 0 Å². The average molecular weight is 985 g/mol. The summed E-state index contributed by atoms with van der Waals surface area (Å²) in [6.45, 7) is 2.58. The number of para-hydroxylation sites is 6. The molecule has 8 heteroatoms. The fourth-order valence-corrected chi connectivity index (χ4v) is 17.3. The summed E-state index contributed by atoms with van der Waals surface area (Å²) in [6.07, 6.45) is 0. The standard InChI is InChI=1S/C67H38B2N4S2/c1-37-66-50(68-48-20-10-18-44-46-34-38(70-52-22-6-2-14-40(52)41-15-3-7-23-53(41)70)30-32-56(46)72(64(44)48)58-26-12-28-60(74-66)62(58)68)36-51-67(37)75-61-29-13-27-59-63(61)69(51)49-21-11-19-45-47-35-39(31-33-57(47)73(59)65(45)49)71-54-24-8-4-16-42(54)43-17-5-9-25-55(43)71/h2-36H,1H3. The summed E-state index contributed by atoms with van der Waals surface area (Å²) in [4.78, 5) is 5.53. The Kier molecular flexibility index (Phi) is 7.44. The van der Waals surface area contributed by atoms with Crippen LogP contribution in [0.25, 0.3) is 110 Å². The first-order chi connectivity index (χ1) is 37.2. The summed E-state index contributed by atoms with van der Waals surface area (Å²) in [6, 6.07) is 80.6. The smallest absolute Gasteiger partial charge is 0.249 e. The molecule has 0 amide bonds. The van der Waals surface area contributed by atoms with Crippen LogP contribution in [0.1, 0.15) is 5.56 Å². The van der Waals surface area contributed by atoms with Crippen molar-refractivity contribution >= 4 is 157 Å². The molecule has 11 aromatic carbocycles. The second-order valence-electron chi connectivity index (χ2n) is 21.1. The number of benzene rings is 11. The molecular weight excluding hydrogens is 947 g/mol. The van der Waals surface area contributed by atoms with Crippen LogP contribution in [-0.2, 0) is 0 Å². The number of hydrogen-bond acceptors (Lipinski definition) is 2. The third kappa shape index (κ3) is 4.83. The van der Waals surface area contributed by atoms with E-state index in [2.05, 4.69) is 238 Å². The third-order valence-electron chi connectivity index (χ3n) is 17.6. The summed E-state index contributed by atoms with van der Waals surface area (Å²) in [5.74, 6) is 0. The van der Waals surface area contributed by atoms with Gasteiger partial charge in [-0.15, -0.1) is 0 Å². The highest BCUT2D eigenvalue weighted by atomic mass is 32.2. The quantitative estimate of drug-likeness (QED) is 0.161. The van der Waals surface area contributed by atoms with E-state index in [4.69, 9.17) is 0 Å². The van der Waals surface area contributed by atoms with Gasteiger partial charge in [-0.05, 0) is 119 Å². The van der Waals surface area contributed by atoms with Crippen LogP contribution in [0.15, 0.2) is 232 Å². The van der Waals surface area contributed by atoms with Gasteiger partial charge in [-0.2, -0.15) is 0 Å². The Labute approximate surface area is 439 Å². The molecular formula is C67H38B2N4S2. The normalized spacial score (nSPS) is 13.8. The second-order valence-corrected chi connectivity index (χ2v) is 23.2. The van der Waals surface area contributed by atoms with Gasteiger partial charge >= 0.3 is 0 Å². The Hall–Kier alpha value is -8.55. The molecule has 0 fully saturated rings. The van der Waals surface area contributed by atoms with Gasteiger partial charge in [-0.25, -0.2) is 0 Å². The molecule has 0 atom stereocenters. The van der Waals surface area contributed by atoms with Gasteiger partial charge in [0.15, 0.2) is 0 Å². The van der Waals surface area contributed by atoms with Gasteiger partial charge in [-0.3, -0.25) is 0 Å². The molecule has 4 nitrogen and oxygen atoms in total. The van der Waals surface area contributed by atoms with Crippen molar-refractivity contribution in [3.63, 3.8) is 0 Å². The Morgan fingerprint density at radius 2 is 0.680 bits per heavy atom. The molecule has 4 aliphatic heterocycles. The van der Waals surface area contributed by atoms with E-state index in [1.54, 1.807) is 0 Å². The molecule has 0 saturated heterocycles. The number of fused-ring (bicyclic) bond motifs is 20. The Morgan fingerprint density at radius 3 is 1.11 bits per heavy atom. The van der Waals surface area contributed by atoms with Crippen LogP contribution in [0.5, 0.6) is 0 Å². The molecule has 0 saturated carbocycles. The number of aromatic nitrogens is 4. The van der Waals surface area contributed by atoms with Crippen LogP contribution in [0.3, 0.4) is 0 Å². The maximum Gasteiger partial charge on any atom is 0.249 e. The van der Waals surface area contributed by atoms with Crippen LogP contribution in [0, 0.1) is 6.92 Å². The van der Waals surface area contributed by atoms with Crippen molar-refractivity contribution < 1.29 is 0 Å². The lowest BCUT2D eigenvalue weighted by Crippen LogP contribution is -2.63. The molecule has 4 aromatic heterocycles. The highest BCUT2D eigenvalue weighted by Gasteiger charge is 2.45. The van der Waals surface area contributed by atoms with E-state index in [1.807, 2.05) is 23.5 Å². The zero-order valence-corrected chi connectivity index (χ0v) is 42.1. The minimum absolute atomic E-state index is 0.0838. The predicted octanol–water partition coefficient (Wildman–Crippen LogP) is 13.0. The predicted molar refractivity (Wildman–Crippen MR) is 319 cm³/mol. The minimum Gasteiger partial charge on any atom is -0.310 e. The largest absolute Gasteiger partial charge is 0.310 e. The monoisotopic (exact) mass is 984 g/mol. The van der Waals surface area contributed by atoms with Crippen molar-refractivity contribution in [1.29, 1.82) is 0 Å². The van der Waals surface area contributed by atoms with Crippen molar-refractivity contribution in [3.05, 3.63) is 218 Å². The summed E-state index contributed by atoms with van der Waals surface area (Å²) in [5, 5.41) is 10.3. The van der Waals surface area contributed by atoms with Crippen LogP contribution >= 0.6 is 23.5 Å². The van der Waals surface area contributed by atoms with Crippen molar-refractivity contribution in [3.8, 4) is 22.7 Å². The Bertz CT molecular complexity index is 4760. The van der Waals surface area contributed by atoms with Crippen molar-refractivity contribution in [2.75, 3.05) is 0 Å². The summed E-state index contributed by atoms with van der Waals surface area (Å²) < 4.78 is 10.1. The van der Waals surface area contributed by atoms with Crippen LogP contribution in [0.4, 0.5) is 0 Å². The molecule has 15 aromatic rings. The fourth-order valence-electron chi connectivity index (χ4n) is 14.7. The van der Waals surface area contributed by atoms with Crippen molar-refractivity contribution in [1.82, 2.24) is 18.3 Å². The highest BCUT2D eigenvalue weighted by molar-refractivity contribution is 8.01. The van der Waals surface area contributed by atoms with E-state index >= 15 is 0 Å². The number of rotatable bonds is 2. The molecule has 0 aliphatic carbocycles. The summed E-state index contributed by atoms with van der Waals surface area (Å²) in [7, 11) is 0. The molecule has 0 unspecified atom stereocenters. The van der Waals surface area contributed by atoms with Gasteiger partial charge in [0, 0.05) is 96.5 Å². The maximum atomic E-state index is 2.67.